The van der Waals surface area contributed by atoms with Gasteiger partial charge in [-0.3, -0.25) is 5.41 Å². The summed E-state index contributed by atoms with van der Waals surface area (Å²) in [4.78, 5) is 0. The van der Waals surface area contributed by atoms with Gasteiger partial charge in [0.1, 0.15) is 5.84 Å². The van der Waals surface area contributed by atoms with Gasteiger partial charge in [-0.05, 0) is 25.1 Å². The highest BCUT2D eigenvalue weighted by atomic mass is 19.4. The molecule has 94 valence electrons. The van der Waals surface area contributed by atoms with Gasteiger partial charge in [0.15, 0.2) is 17.7 Å². The predicted octanol–water partition coefficient (Wildman–Crippen LogP) is 2.44. The normalized spacial score (nSPS) is 13.2. The second-order valence-corrected chi connectivity index (χ2v) is 3.36. The zero-order chi connectivity index (χ0) is 13.2. The van der Waals surface area contributed by atoms with Crippen molar-refractivity contribution in [1.29, 1.82) is 5.41 Å². The van der Waals surface area contributed by atoms with Gasteiger partial charge in [-0.2, -0.15) is 13.2 Å². The van der Waals surface area contributed by atoms with Crippen LogP contribution in [0.3, 0.4) is 0 Å². The van der Waals surface area contributed by atoms with Crippen molar-refractivity contribution in [2.24, 2.45) is 5.73 Å². The molecule has 7 heteroatoms. The van der Waals surface area contributed by atoms with Crippen LogP contribution in [0.1, 0.15) is 12.5 Å². The Morgan fingerprint density at radius 1 is 1.41 bits per heavy atom. The molecule has 0 aliphatic heterocycles. The van der Waals surface area contributed by atoms with Crippen LogP contribution in [-0.4, -0.2) is 18.1 Å². The van der Waals surface area contributed by atoms with E-state index in [1.54, 1.807) is 0 Å². The van der Waals surface area contributed by atoms with E-state index in [9.17, 15) is 17.6 Å². The lowest BCUT2D eigenvalue weighted by Crippen LogP contribution is -2.31. The molecule has 0 heterocycles. The monoisotopic (exact) mass is 250 g/mol. The Morgan fingerprint density at radius 3 is 2.41 bits per heavy atom. The van der Waals surface area contributed by atoms with Crippen LogP contribution in [0.15, 0.2) is 18.2 Å². The van der Waals surface area contributed by atoms with Gasteiger partial charge in [-0.15, -0.1) is 0 Å². The van der Waals surface area contributed by atoms with Crippen LogP contribution in [0.5, 0.6) is 5.75 Å². The quantitative estimate of drug-likeness (QED) is 0.491. The van der Waals surface area contributed by atoms with Crippen molar-refractivity contribution in [3.63, 3.8) is 0 Å². The van der Waals surface area contributed by atoms with Crippen LogP contribution in [-0.2, 0) is 0 Å². The van der Waals surface area contributed by atoms with Gasteiger partial charge < -0.3 is 10.5 Å². The van der Waals surface area contributed by atoms with Crippen molar-refractivity contribution >= 4 is 5.84 Å². The zero-order valence-corrected chi connectivity index (χ0v) is 8.81. The van der Waals surface area contributed by atoms with Gasteiger partial charge >= 0.3 is 6.18 Å². The average Bonchev–Trinajstić information content (AvgIpc) is 2.19. The topological polar surface area (TPSA) is 59.1 Å². The van der Waals surface area contributed by atoms with Crippen molar-refractivity contribution in [3.8, 4) is 5.75 Å². The van der Waals surface area contributed by atoms with Gasteiger partial charge in [0.05, 0.1) is 0 Å². The number of hydrogen-bond acceptors (Lipinski definition) is 2. The molecule has 1 rings (SSSR count). The molecule has 3 N–H and O–H groups in total. The van der Waals surface area contributed by atoms with Gasteiger partial charge in [-0.1, -0.05) is 0 Å². The van der Waals surface area contributed by atoms with Crippen LogP contribution in [0.4, 0.5) is 17.6 Å². The minimum absolute atomic E-state index is 0.0783. The molecule has 17 heavy (non-hydrogen) atoms. The summed E-state index contributed by atoms with van der Waals surface area (Å²) in [6.45, 7) is 0.776. The molecule has 0 aliphatic carbocycles. The fraction of sp³-hybridized carbons (Fsp3) is 0.300. The Labute approximate surface area is 94.7 Å². The molecule has 0 saturated carbocycles. The lowest BCUT2D eigenvalue weighted by Gasteiger charge is -2.18. The van der Waals surface area contributed by atoms with E-state index in [4.69, 9.17) is 11.1 Å². The fourth-order valence-corrected chi connectivity index (χ4v) is 1.02. The number of halogens is 4. The number of ether oxygens (including phenoxy) is 1. The van der Waals surface area contributed by atoms with E-state index in [1.807, 2.05) is 0 Å². The molecule has 0 aromatic heterocycles. The molecule has 1 atom stereocenters. The summed E-state index contributed by atoms with van der Waals surface area (Å²) >= 11 is 0. The number of nitrogen functional groups attached to an aromatic ring is 1. The van der Waals surface area contributed by atoms with Crippen LogP contribution >= 0.6 is 0 Å². The third-order valence-electron chi connectivity index (χ3n) is 2.01. The summed E-state index contributed by atoms with van der Waals surface area (Å²) in [6, 6.07) is 3.07. The van der Waals surface area contributed by atoms with Crippen molar-refractivity contribution < 1.29 is 22.3 Å². The Balaban J connectivity index is 2.90. The van der Waals surface area contributed by atoms with E-state index in [2.05, 4.69) is 4.74 Å². The first-order chi connectivity index (χ1) is 7.71. The summed E-state index contributed by atoms with van der Waals surface area (Å²) in [5, 5.41) is 7.03. The number of hydrogen-bond donors (Lipinski definition) is 2. The van der Waals surface area contributed by atoms with Gasteiger partial charge in [-0.25, -0.2) is 4.39 Å². The molecule has 3 nitrogen and oxygen atoms in total. The minimum Gasteiger partial charge on any atom is -0.478 e. The molecule has 1 unspecified atom stereocenters. The maximum absolute atomic E-state index is 13.3. The first-order valence-electron chi connectivity index (χ1n) is 4.59. The number of rotatable bonds is 3. The summed E-state index contributed by atoms with van der Waals surface area (Å²) in [6.07, 6.45) is -6.67. The molecular formula is C10H10F4N2O. The first-order valence-corrected chi connectivity index (χ1v) is 4.59. The molecule has 0 fully saturated rings. The Hall–Kier alpha value is -1.79. The number of nitrogens with one attached hydrogen (secondary N) is 1. The SMILES string of the molecule is CC(Oc1ccc(C(=N)N)cc1F)C(F)(F)F. The molecule has 0 bridgehead atoms. The lowest BCUT2D eigenvalue weighted by molar-refractivity contribution is -0.189. The standard InChI is InChI=1S/C10H10F4N2O/c1-5(10(12,13)14)17-8-3-2-6(9(15)16)4-7(8)11/h2-5H,1H3,(H3,15,16). The number of nitrogens with two attached hydrogens (primary N) is 1. The molecule has 0 radical (unpaired) electrons. The molecule has 0 spiro atoms. The molecule has 1 aromatic rings. The van der Waals surface area contributed by atoms with E-state index in [0.29, 0.717) is 0 Å². The highest BCUT2D eigenvalue weighted by Crippen LogP contribution is 2.26. The average molecular weight is 250 g/mol. The van der Waals surface area contributed by atoms with Crippen LogP contribution in [0.2, 0.25) is 0 Å². The second kappa shape index (κ2) is 4.60. The smallest absolute Gasteiger partial charge is 0.425 e. The molecular weight excluding hydrogens is 240 g/mol. The summed E-state index contributed by atoms with van der Waals surface area (Å²) < 4.78 is 54.3. The molecule has 1 aromatic carbocycles. The summed E-state index contributed by atoms with van der Waals surface area (Å²) in [5.74, 6) is -1.90. The second-order valence-electron chi connectivity index (χ2n) is 3.36. The maximum atomic E-state index is 13.3. The van der Waals surface area contributed by atoms with Crippen molar-refractivity contribution in [1.82, 2.24) is 0 Å². The summed E-state index contributed by atoms with van der Waals surface area (Å²) in [5.41, 5.74) is 5.18. The maximum Gasteiger partial charge on any atom is 0.425 e. The zero-order valence-electron chi connectivity index (χ0n) is 8.81. The van der Waals surface area contributed by atoms with Gasteiger partial charge in [0.25, 0.3) is 0 Å². The van der Waals surface area contributed by atoms with Crippen molar-refractivity contribution in [2.45, 2.75) is 19.2 Å². The van der Waals surface area contributed by atoms with E-state index in [-0.39, 0.29) is 11.4 Å². The molecule has 0 saturated heterocycles. The largest absolute Gasteiger partial charge is 0.478 e. The number of alkyl halides is 3. The fourth-order valence-electron chi connectivity index (χ4n) is 1.02. The van der Waals surface area contributed by atoms with E-state index in [1.165, 1.54) is 6.07 Å². The van der Waals surface area contributed by atoms with Crippen LogP contribution < -0.4 is 10.5 Å². The Kier molecular flexibility index (Phi) is 3.59. The third kappa shape index (κ3) is 3.33. The Bertz CT molecular complexity index is 431. The van der Waals surface area contributed by atoms with Gasteiger partial charge in [0, 0.05) is 5.56 Å². The predicted molar refractivity (Wildman–Crippen MR) is 53.6 cm³/mol. The third-order valence-corrected chi connectivity index (χ3v) is 2.01. The number of benzene rings is 1. The van der Waals surface area contributed by atoms with E-state index >= 15 is 0 Å². The van der Waals surface area contributed by atoms with Crippen LogP contribution in [0.25, 0.3) is 0 Å². The van der Waals surface area contributed by atoms with E-state index in [0.717, 1.165) is 19.1 Å². The van der Waals surface area contributed by atoms with Crippen molar-refractivity contribution in [2.75, 3.05) is 0 Å². The number of amidine groups is 1. The molecule has 0 aliphatic rings. The van der Waals surface area contributed by atoms with Crippen LogP contribution in [0, 0.1) is 11.2 Å². The van der Waals surface area contributed by atoms with E-state index < -0.39 is 23.8 Å². The minimum atomic E-state index is -4.56. The van der Waals surface area contributed by atoms with Crippen molar-refractivity contribution in [3.05, 3.63) is 29.6 Å². The highest BCUT2D eigenvalue weighted by Gasteiger charge is 2.38. The highest BCUT2D eigenvalue weighted by molar-refractivity contribution is 5.95. The first kappa shape index (κ1) is 13.3. The van der Waals surface area contributed by atoms with Gasteiger partial charge in [0.2, 0.25) is 0 Å². The molecule has 0 amide bonds. The summed E-state index contributed by atoms with van der Waals surface area (Å²) in [7, 11) is 0. The Morgan fingerprint density at radius 2 is 2.00 bits per heavy atom. The lowest BCUT2D eigenvalue weighted by atomic mass is 10.2.